The second-order valence-electron chi connectivity index (χ2n) is 8.78. The fourth-order valence-corrected chi connectivity index (χ4v) is 4.37. The fourth-order valence-electron chi connectivity index (χ4n) is 4.37. The predicted molar refractivity (Wildman–Crippen MR) is 126 cm³/mol. The van der Waals surface area contributed by atoms with Crippen LogP contribution < -0.4 is 15.5 Å². The van der Waals surface area contributed by atoms with Crippen molar-refractivity contribution in [2.45, 2.75) is 26.8 Å². The summed E-state index contributed by atoms with van der Waals surface area (Å²) >= 11 is 0. The number of halogens is 1. The van der Waals surface area contributed by atoms with Gasteiger partial charge in [-0.1, -0.05) is 13.8 Å². The molecular formula is C24H26FN7O. The Bertz CT molecular complexity index is 1350. The minimum absolute atomic E-state index is 0.224. The zero-order chi connectivity index (χ0) is 23.1. The summed E-state index contributed by atoms with van der Waals surface area (Å²) in [4.78, 5) is 28.6. The van der Waals surface area contributed by atoms with E-state index in [4.69, 9.17) is 0 Å². The molecule has 0 aliphatic carbocycles. The van der Waals surface area contributed by atoms with Crippen LogP contribution in [0.5, 0.6) is 0 Å². The highest BCUT2D eigenvalue weighted by Crippen LogP contribution is 2.29. The number of rotatable bonds is 4. The van der Waals surface area contributed by atoms with E-state index in [0.717, 1.165) is 25.3 Å². The van der Waals surface area contributed by atoms with Crippen molar-refractivity contribution in [2.24, 2.45) is 5.92 Å². The summed E-state index contributed by atoms with van der Waals surface area (Å²) in [6.07, 6.45) is 6.57. The van der Waals surface area contributed by atoms with E-state index in [0.29, 0.717) is 39.9 Å². The van der Waals surface area contributed by atoms with Crippen molar-refractivity contribution in [1.29, 1.82) is 0 Å². The Morgan fingerprint density at radius 2 is 2.00 bits per heavy atom. The summed E-state index contributed by atoms with van der Waals surface area (Å²) in [7, 11) is 0. The molecule has 1 aliphatic rings. The standard InChI is InChI=1S/C24H26FN7O/c1-14(2)19-13-31(9-8-26-19)20-5-4-17(21-22(20)28-7-6-27-21)24(33)30-16-10-18(25)23-29-15(3)11-32(23)12-16/h4-7,10-12,14,19,26H,8-9,13H2,1-3H3,(H,30,33)/t19-/m0/s1. The smallest absolute Gasteiger partial charge is 0.257 e. The monoisotopic (exact) mass is 447 g/mol. The minimum atomic E-state index is -0.501. The maximum atomic E-state index is 14.4. The lowest BCUT2D eigenvalue weighted by Gasteiger charge is -2.37. The van der Waals surface area contributed by atoms with Crippen molar-refractivity contribution in [2.75, 3.05) is 29.9 Å². The van der Waals surface area contributed by atoms with Crippen molar-refractivity contribution in [3.05, 3.63) is 60.1 Å². The molecule has 8 nitrogen and oxygen atoms in total. The van der Waals surface area contributed by atoms with Crippen LogP contribution in [0.3, 0.4) is 0 Å². The van der Waals surface area contributed by atoms with E-state index in [1.54, 1.807) is 42.2 Å². The van der Waals surface area contributed by atoms with Crippen molar-refractivity contribution in [1.82, 2.24) is 24.7 Å². The zero-order valence-corrected chi connectivity index (χ0v) is 18.8. The van der Waals surface area contributed by atoms with Gasteiger partial charge in [-0.25, -0.2) is 9.37 Å². The largest absolute Gasteiger partial charge is 0.367 e. The minimum Gasteiger partial charge on any atom is -0.367 e. The number of fused-ring (bicyclic) bond motifs is 2. The van der Waals surface area contributed by atoms with Gasteiger partial charge in [0.05, 0.1) is 22.6 Å². The third-order valence-electron chi connectivity index (χ3n) is 6.08. The van der Waals surface area contributed by atoms with Gasteiger partial charge in [0, 0.05) is 56.5 Å². The number of imidazole rings is 1. The van der Waals surface area contributed by atoms with E-state index in [9.17, 15) is 9.18 Å². The molecule has 4 aromatic rings. The van der Waals surface area contributed by atoms with Crippen LogP contribution in [0.25, 0.3) is 16.7 Å². The van der Waals surface area contributed by atoms with Gasteiger partial charge < -0.3 is 19.9 Å². The SMILES string of the molecule is Cc1cn2cc(NC(=O)c3ccc(N4CCN[C@H](C(C)C)C4)c4nccnc34)cc(F)c2n1. The van der Waals surface area contributed by atoms with Crippen LogP contribution in [0.1, 0.15) is 29.9 Å². The molecule has 1 saturated heterocycles. The summed E-state index contributed by atoms with van der Waals surface area (Å²) in [5.74, 6) is -0.366. The van der Waals surface area contributed by atoms with Gasteiger partial charge in [-0.3, -0.25) is 14.8 Å². The number of carbonyl (C=O) groups is 1. The number of aromatic nitrogens is 4. The van der Waals surface area contributed by atoms with Gasteiger partial charge >= 0.3 is 0 Å². The molecule has 2 N–H and O–H groups in total. The summed E-state index contributed by atoms with van der Waals surface area (Å²) in [5, 5.41) is 6.36. The van der Waals surface area contributed by atoms with E-state index in [2.05, 4.69) is 44.3 Å². The lowest BCUT2D eigenvalue weighted by Crippen LogP contribution is -2.53. The van der Waals surface area contributed by atoms with Crippen LogP contribution in [0.4, 0.5) is 15.8 Å². The summed E-state index contributed by atoms with van der Waals surface area (Å²) in [5.41, 5.74) is 3.81. The Hall–Kier alpha value is -3.59. The molecule has 1 aliphatic heterocycles. The normalized spacial score (nSPS) is 16.6. The van der Waals surface area contributed by atoms with Crippen LogP contribution in [0.2, 0.25) is 0 Å². The van der Waals surface area contributed by atoms with Crippen LogP contribution in [-0.4, -0.2) is 50.9 Å². The maximum Gasteiger partial charge on any atom is 0.257 e. The van der Waals surface area contributed by atoms with Crippen LogP contribution in [0, 0.1) is 18.7 Å². The molecule has 5 rings (SSSR count). The van der Waals surface area contributed by atoms with Crippen LogP contribution >= 0.6 is 0 Å². The molecule has 0 unspecified atom stereocenters. The van der Waals surface area contributed by atoms with E-state index in [1.807, 2.05) is 6.07 Å². The molecule has 1 amide bonds. The average molecular weight is 448 g/mol. The summed E-state index contributed by atoms with van der Waals surface area (Å²) in [6.45, 7) is 8.80. The molecule has 1 fully saturated rings. The predicted octanol–water partition coefficient (Wildman–Crippen LogP) is 3.41. The van der Waals surface area contributed by atoms with Crippen molar-refractivity contribution >= 4 is 34.0 Å². The number of pyridine rings is 1. The van der Waals surface area contributed by atoms with Gasteiger partial charge in [0.1, 0.15) is 11.0 Å². The number of carbonyl (C=O) groups excluding carboxylic acids is 1. The molecule has 9 heteroatoms. The van der Waals surface area contributed by atoms with Crippen molar-refractivity contribution in [3.8, 4) is 0 Å². The fraction of sp³-hybridized carbons (Fsp3) is 0.333. The second kappa shape index (κ2) is 8.40. The molecule has 0 saturated carbocycles. The first-order valence-electron chi connectivity index (χ1n) is 11.1. The van der Waals surface area contributed by atoms with Gasteiger partial charge in [0.25, 0.3) is 5.91 Å². The van der Waals surface area contributed by atoms with E-state index in [1.165, 1.54) is 6.07 Å². The van der Waals surface area contributed by atoms with Crippen molar-refractivity contribution in [3.63, 3.8) is 0 Å². The maximum absolute atomic E-state index is 14.4. The highest BCUT2D eigenvalue weighted by atomic mass is 19.1. The molecule has 170 valence electrons. The van der Waals surface area contributed by atoms with E-state index < -0.39 is 5.82 Å². The number of hydrogen-bond acceptors (Lipinski definition) is 6. The first-order valence-corrected chi connectivity index (χ1v) is 11.1. The Labute approximate surface area is 190 Å². The zero-order valence-electron chi connectivity index (χ0n) is 18.8. The van der Waals surface area contributed by atoms with Crippen LogP contribution in [0.15, 0.2) is 43.0 Å². The summed E-state index contributed by atoms with van der Waals surface area (Å²) in [6, 6.07) is 5.35. The van der Waals surface area contributed by atoms with Crippen LogP contribution in [-0.2, 0) is 0 Å². The molecular weight excluding hydrogens is 421 g/mol. The lowest BCUT2D eigenvalue weighted by molar-refractivity contribution is 0.102. The van der Waals surface area contributed by atoms with Gasteiger partial charge in [-0.15, -0.1) is 0 Å². The molecule has 33 heavy (non-hydrogen) atoms. The Balaban J connectivity index is 1.48. The summed E-state index contributed by atoms with van der Waals surface area (Å²) < 4.78 is 16.0. The molecule has 1 atom stereocenters. The molecule has 1 aromatic carbocycles. The number of hydrogen-bond donors (Lipinski definition) is 2. The molecule has 3 aromatic heterocycles. The number of aryl methyl sites for hydroxylation is 1. The molecule has 0 radical (unpaired) electrons. The quantitative estimate of drug-likeness (QED) is 0.499. The number of piperazine rings is 1. The first kappa shape index (κ1) is 21.3. The highest BCUT2D eigenvalue weighted by Gasteiger charge is 2.25. The Morgan fingerprint density at radius 1 is 1.21 bits per heavy atom. The molecule has 0 bridgehead atoms. The van der Waals surface area contributed by atoms with Gasteiger partial charge in [0.15, 0.2) is 11.5 Å². The first-order chi connectivity index (χ1) is 15.9. The Kier molecular flexibility index (Phi) is 5.41. The molecule has 4 heterocycles. The average Bonchev–Trinajstić information content (AvgIpc) is 3.19. The number of anilines is 2. The number of nitrogens with one attached hydrogen (secondary N) is 2. The third kappa shape index (κ3) is 4.00. The van der Waals surface area contributed by atoms with E-state index >= 15 is 0 Å². The molecule has 0 spiro atoms. The number of amides is 1. The number of benzene rings is 1. The highest BCUT2D eigenvalue weighted by molar-refractivity contribution is 6.13. The van der Waals surface area contributed by atoms with E-state index in [-0.39, 0.29) is 11.6 Å². The second-order valence-corrected chi connectivity index (χ2v) is 8.78. The van der Waals surface area contributed by atoms with Gasteiger partial charge in [-0.05, 0) is 25.0 Å². The lowest BCUT2D eigenvalue weighted by atomic mass is 10.0. The van der Waals surface area contributed by atoms with Crippen molar-refractivity contribution < 1.29 is 9.18 Å². The third-order valence-corrected chi connectivity index (χ3v) is 6.08. The Morgan fingerprint density at radius 3 is 2.79 bits per heavy atom. The number of nitrogens with zero attached hydrogens (tertiary/aromatic N) is 5. The van der Waals surface area contributed by atoms with Gasteiger partial charge in [0.2, 0.25) is 0 Å². The van der Waals surface area contributed by atoms with Gasteiger partial charge in [-0.2, -0.15) is 0 Å². The topological polar surface area (TPSA) is 87.5 Å².